The molecule has 23 heavy (non-hydrogen) atoms. The Bertz CT molecular complexity index is 1060. The first-order valence-electron chi connectivity index (χ1n) is 6.77. The van der Waals surface area contributed by atoms with Crippen LogP contribution in [0.4, 0.5) is 5.69 Å². The van der Waals surface area contributed by atoms with Crippen molar-refractivity contribution in [2.24, 2.45) is 0 Å². The minimum absolute atomic E-state index is 0.105. The van der Waals surface area contributed by atoms with Crippen LogP contribution in [0.2, 0.25) is 5.02 Å². The molecule has 0 saturated carbocycles. The fraction of sp³-hybridized carbons (Fsp3) is 0.0625. The molecule has 0 amide bonds. The summed E-state index contributed by atoms with van der Waals surface area (Å²) in [5.41, 5.74) is 1.60. The predicted octanol–water partition coefficient (Wildman–Crippen LogP) is 3.29. The third kappa shape index (κ3) is 3.23. The number of rotatable bonds is 3. The van der Waals surface area contributed by atoms with Crippen LogP contribution in [0.3, 0.4) is 0 Å². The SMILES string of the molecule is Cc1ccc(NS(=O)(=O)c2ccc3[nH]c(=O)ccc3c2)cc1Cl. The number of aromatic amines is 1. The van der Waals surface area contributed by atoms with E-state index in [2.05, 4.69) is 9.71 Å². The number of aromatic nitrogens is 1. The van der Waals surface area contributed by atoms with Crippen molar-refractivity contribution in [3.8, 4) is 0 Å². The number of nitrogens with one attached hydrogen (secondary N) is 2. The minimum atomic E-state index is -3.75. The van der Waals surface area contributed by atoms with Crippen LogP contribution in [0, 0.1) is 6.92 Å². The summed E-state index contributed by atoms with van der Waals surface area (Å²) in [6.45, 7) is 1.84. The number of sulfonamides is 1. The normalized spacial score (nSPS) is 11.6. The minimum Gasteiger partial charge on any atom is -0.322 e. The summed E-state index contributed by atoms with van der Waals surface area (Å²) < 4.78 is 27.5. The Hall–Kier alpha value is -2.31. The van der Waals surface area contributed by atoms with Crippen molar-refractivity contribution in [3.05, 3.63) is 69.5 Å². The van der Waals surface area contributed by atoms with Gasteiger partial charge in [-0.1, -0.05) is 17.7 Å². The maximum atomic E-state index is 12.5. The summed E-state index contributed by atoms with van der Waals surface area (Å²) in [6, 6.07) is 12.4. The van der Waals surface area contributed by atoms with E-state index in [4.69, 9.17) is 11.6 Å². The van der Waals surface area contributed by atoms with Gasteiger partial charge in [0.1, 0.15) is 0 Å². The quantitative estimate of drug-likeness (QED) is 0.762. The van der Waals surface area contributed by atoms with Crippen LogP contribution in [-0.4, -0.2) is 13.4 Å². The van der Waals surface area contributed by atoms with Gasteiger partial charge in [-0.2, -0.15) is 0 Å². The zero-order chi connectivity index (χ0) is 16.6. The number of halogens is 1. The molecule has 0 unspecified atom stereocenters. The van der Waals surface area contributed by atoms with Crippen LogP contribution in [0.15, 0.2) is 58.2 Å². The first-order valence-corrected chi connectivity index (χ1v) is 8.63. The Balaban J connectivity index is 2.00. The molecule has 0 aliphatic rings. The molecule has 7 heteroatoms. The average Bonchev–Trinajstić information content (AvgIpc) is 2.50. The molecule has 0 fully saturated rings. The fourth-order valence-electron chi connectivity index (χ4n) is 2.17. The molecule has 0 spiro atoms. The molecule has 0 aliphatic heterocycles. The molecule has 2 N–H and O–H groups in total. The highest BCUT2D eigenvalue weighted by atomic mass is 35.5. The molecule has 0 atom stereocenters. The van der Waals surface area contributed by atoms with E-state index in [0.29, 0.717) is 21.6 Å². The lowest BCUT2D eigenvalue weighted by Crippen LogP contribution is -2.13. The van der Waals surface area contributed by atoms with Crippen LogP contribution in [0.25, 0.3) is 10.9 Å². The van der Waals surface area contributed by atoms with Gasteiger partial charge in [-0.25, -0.2) is 8.42 Å². The Morgan fingerprint density at radius 3 is 2.57 bits per heavy atom. The standard InChI is InChI=1S/C16H13ClN2O3S/c1-10-2-4-12(9-14(10)17)19-23(21,22)13-5-6-15-11(8-13)3-7-16(20)18-15/h2-9,19H,1H3,(H,18,20). The van der Waals surface area contributed by atoms with E-state index in [0.717, 1.165) is 5.56 Å². The Morgan fingerprint density at radius 2 is 1.83 bits per heavy atom. The van der Waals surface area contributed by atoms with E-state index >= 15 is 0 Å². The third-order valence-corrected chi connectivity index (χ3v) is 5.22. The van der Waals surface area contributed by atoms with Crippen LogP contribution in [0.1, 0.15) is 5.56 Å². The average molecular weight is 349 g/mol. The monoisotopic (exact) mass is 348 g/mol. The van der Waals surface area contributed by atoms with Gasteiger partial charge in [0.15, 0.2) is 0 Å². The smallest absolute Gasteiger partial charge is 0.261 e. The van der Waals surface area contributed by atoms with Crippen LogP contribution < -0.4 is 10.3 Å². The molecule has 3 rings (SSSR count). The second kappa shape index (κ2) is 5.72. The van der Waals surface area contributed by atoms with Gasteiger partial charge in [0, 0.05) is 16.6 Å². The number of anilines is 1. The third-order valence-electron chi connectivity index (χ3n) is 3.43. The molecular formula is C16H13ClN2O3S. The highest BCUT2D eigenvalue weighted by Gasteiger charge is 2.15. The first-order chi connectivity index (χ1) is 10.8. The number of aryl methyl sites for hydroxylation is 1. The van der Waals surface area contributed by atoms with Crippen LogP contribution in [0.5, 0.6) is 0 Å². The van der Waals surface area contributed by atoms with Gasteiger partial charge in [0.05, 0.1) is 10.6 Å². The predicted molar refractivity (Wildman–Crippen MR) is 91.6 cm³/mol. The largest absolute Gasteiger partial charge is 0.322 e. The van der Waals surface area contributed by atoms with Gasteiger partial charge >= 0.3 is 0 Å². The van der Waals surface area contributed by atoms with Crippen molar-refractivity contribution in [2.75, 3.05) is 4.72 Å². The molecule has 0 aliphatic carbocycles. The lowest BCUT2D eigenvalue weighted by atomic mass is 10.2. The zero-order valence-electron chi connectivity index (χ0n) is 12.1. The maximum Gasteiger partial charge on any atom is 0.261 e. The highest BCUT2D eigenvalue weighted by Crippen LogP contribution is 2.23. The van der Waals surface area contributed by atoms with Crippen LogP contribution >= 0.6 is 11.6 Å². The zero-order valence-corrected chi connectivity index (χ0v) is 13.7. The van der Waals surface area contributed by atoms with E-state index in [1.165, 1.54) is 18.2 Å². The van der Waals surface area contributed by atoms with Gasteiger partial charge < -0.3 is 4.98 Å². The number of pyridine rings is 1. The van der Waals surface area contributed by atoms with Crippen molar-refractivity contribution in [3.63, 3.8) is 0 Å². The molecule has 0 saturated heterocycles. The van der Waals surface area contributed by atoms with E-state index in [9.17, 15) is 13.2 Å². The lowest BCUT2D eigenvalue weighted by Gasteiger charge is -2.10. The molecular weight excluding hydrogens is 336 g/mol. The Morgan fingerprint density at radius 1 is 1.04 bits per heavy atom. The second-order valence-corrected chi connectivity index (χ2v) is 7.23. The number of fused-ring (bicyclic) bond motifs is 1. The van der Waals surface area contributed by atoms with Gasteiger partial charge in [-0.3, -0.25) is 9.52 Å². The Kier molecular flexibility index (Phi) is 3.87. The maximum absolute atomic E-state index is 12.5. The molecule has 2 aromatic carbocycles. The molecule has 118 valence electrons. The van der Waals surface area contributed by atoms with Crippen LogP contribution in [-0.2, 0) is 10.0 Å². The summed E-state index contributed by atoms with van der Waals surface area (Å²) in [5, 5.41) is 1.12. The Labute approximate surface area is 138 Å². The number of benzene rings is 2. The van der Waals surface area contributed by atoms with Crippen molar-refractivity contribution in [1.29, 1.82) is 0 Å². The van der Waals surface area contributed by atoms with Gasteiger partial charge in [0.2, 0.25) is 5.56 Å². The summed E-state index contributed by atoms with van der Waals surface area (Å²) >= 11 is 6.01. The van der Waals surface area contributed by atoms with E-state index in [-0.39, 0.29) is 10.5 Å². The van der Waals surface area contributed by atoms with Gasteiger partial charge in [-0.15, -0.1) is 0 Å². The molecule has 0 bridgehead atoms. The first kappa shape index (κ1) is 15.6. The highest BCUT2D eigenvalue weighted by molar-refractivity contribution is 7.92. The molecule has 1 aromatic heterocycles. The lowest BCUT2D eigenvalue weighted by molar-refractivity contribution is 0.601. The van der Waals surface area contributed by atoms with Gasteiger partial charge in [-0.05, 0) is 54.3 Å². The van der Waals surface area contributed by atoms with Crippen molar-refractivity contribution < 1.29 is 8.42 Å². The summed E-state index contributed by atoms with van der Waals surface area (Å²) in [7, 11) is -3.75. The van der Waals surface area contributed by atoms with E-state index in [1.807, 2.05) is 6.92 Å². The van der Waals surface area contributed by atoms with E-state index in [1.54, 1.807) is 30.3 Å². The summed E-state index contributed by atoms with van der Waals surface area (Å²) in [5.74, 6) is 0. The molecule has 0 radical (unpaired) electrons. The molecule has 1 heterocycles. The topological polar surface area (TPSA) is 79.0 Å². The van der Waals surface area contributed by atoms with Crippen molar-refractivity contribution >= 4 is 38.2 Å². The molecule has 3 aromatic rings. The number of hydrogen-bond acceptors (Lipinski definition) is 3. The number of hydrogen-bond donors (Lipinski definition) is 2. The molecule has 5 nitrogen and oxygen atoms in total. The summed E-state index contributed by atoms with van der Waals surface area (Å²) in [6.07, 6.45) is 0. The second-order valence-electron chi connectivity index (χ2n) is 5.14. The van der Waals surface area contributed by atoms with Gasteiger partial charge in [0.25, 0.3) is 10.0 Å². The fourth-order valence-corrected chi connectivity index (χ4v) is 3.43. The van der Waals surface area contributed by atoms with Crippen molar-refractivity contribution in [2.45, 2.75) is 11.8 Å². The van der Waals surface area contributed by atoms with E-state index < -0.39 is 10.0 Å². The van der Waals surface area contributed by atoms with Crippen molar-refractivity contribution in [1.82, 2.24) is 4.98 Å². The number of H-pyrrole nitrogens is 1. The summed E-state index contributed by atoms with van der Waals surface area (Å²) in [4.78, 5) is 14.0.